The van der Waals surface area contributed by atoms with Gasteiger partial charge >= 0.3 is 0 Å². The molecule has 24 heavy (non-hydrogen) atoms. The van der Waals surface area contributed by atoms with Crippen LogP contribution in [0.1, 0.15) is 5.56 Å². The molecule has 2 aromatic heterocycles. The smallest absolute Gasteiger partial charge is 0.129 e. The van der Waals surface area contributed by atoms with Gasteiger partial charge < -0.3 is 4.90 Å². The summed E-state index contributed by atoms with van der Waals surface area (Å²) >= 11 is 3.61. The van der Waals surface area contributed by atoms with Crippen molar-refractivity contribution in [3.63, 3.8) is 0 Å². The van der Waals surface area contributed by atoms with E-state index >= 15 is 0 Å². The topological polar surface area (TPSA) is 32.3 Å². The standard InChI is InChI=1S/C19H19BrN4/c20-17-5-1-4-16-6-7-18(22-19(16)17)24-11-9-23(10-12-24)14-15-3-2-8-21-13-15/h1-8,13H,9-12,14H2. The zero-order valence-corrected chi connectivity index (χ0v) is 15.0. The van der Waals surface area contributed by atoms with Gasteiger partial charge in [0.25, 0.3) is 0 Å². The van der Waals surface area contributed by atoms with E-state index in [4.69, 9.17) is 4.98 Å². The van der Waals surface area contributed by atoms with Gasteiger partial charge in [-0.3, -0.25) is 9.88 Å². The van der Waals surface area contributed by atoms with Crippen LogP contribution in [0.15, 0.2) is 59.3 Å². The van der Waals surface area contributed by atoms with Gasteiger partial charge in [-0.05, 0) is 45.8 Å². The molecule has 4 rings (SSSR count). The molecular formula is C19H19BrN4. The molecule has 0 N–H and O–H groups in total. The monoisotopic (exact) mass is 382 g/mol. The van der Waals surface area contributed by atoms with Gasteiger partial charge in [0.2, 0.25) is 0 Å². The lowest BCUT2D eigenvalue weighted by Crippen LogP contribution is -2.46. The Bertz CT molecular complexity index is 829. The summed E-state index contributed by atoms with van der Waals surface area (Å²) in [4.78, 5) is 13.9. The minimum Gasteiger partial charge on any atom is -0.354 e. The first-order valence-corrected chi connectivity index (χ1v) is 9.00. The van der Waals surface area contributed by atoms with Crippen molar-refractivity contribution in [2.24, 2.45) is 0 Å². The lowest BCUT2D eigenvalue weighted by Gasteiger charge is -2.35. The Labute approximate surface area is 150 Å². The SMILES string of the molecule is Brc1cccc2ccc(N3CCN(Cc4cccnc4)CC3)nc12. The highest BCUT2D eigenvalue weighted by Crippen LogP contribution is 2.25. The highest BCUT2D eigenvalue weighted by molar-refractivity contribution is 9.10. The molecule has 5 heteroatoms. The number of hydrogen-bond donors (Lipinski definition) is 0. The molecule has 0 unspecified atom stereocenters. The summed E-state index contributed by atoms with van der Waals surface area (Å²) in [6.45, 7) is 5.07. The van der Waals surface area contributed by atoms with Crippen molar-refractivity contribution in [3.8, 4) is 0 Å². The molecule has 0 amide bonds. The van der Waals surface area contributed by atoms with Gasteiger partial charge in [-0.15, -0.1) is 0 Å². The Morgan fingerprint density at radius 1 is 0.958 bits per heavy atom. The van der Waals surface area contributed by atoms with Gasteiger partial charge in [0.1, 0.15) is 5.82 Å². The molecule has 122 valence electrons. The molecule has 0 spiro atoms. The third-order valence-corrected chi connectivity index (χ3v) is 5.12. The first kappa shape index (κ1) is 15.5. The van der Waals surface area contributed by atoms with E-state index in [1.54, 1.807) is 0 Å². The summed E-state index contributed by atoms with van der Waals surface area (Å²) < 4.78 is 1.05. The van der Waals surface area contributed by atoms with Crippen molar-refractivity contribution in [1.82, 2.24) is 14.9 Å². The third-order valence-electron chi connectivity index (χ3n) is 4.48. The van der Waals surface area contributed by atoms with E-state index in [-0.39, 0.29) is 0 Å². The fraction of sp³-hybridized carbons (Fsp3) is 0.263. The summed E-state index contributed by atoms with van der Waals surface area (Å²) in [5.41, 5.74) is 2.31. The summed E-state index contributed by atoms with van der Waals surface area (Å²) in [5, 5.41) is 1.17. The molecule has 1 aliphatic heterocycles. The van der Waals surface area contributed by atoms with E-state index in [1.807, 2.05) is 30.6 Å². The lowest BCUT2D eigenvalue weighted by molar-refractivity contribution is 0.249. The number of fused-ring (bicyclic) bond motifs is 1. The molecule has 0 saturated carbocycles. The fourth-order valence-electron chi connectivity index (χ4n) is 3.16. The van der Waals surface area contributed by atoms with E-state index in [2.05, 4.69) is 55.0 Å². The highest BCUT2D eigenvalue weighted by atomic mass is 79.9. The summed E-state index contributed by atoms with van der Waals surface area (Å²) in [6.07, 6.45) is 3.78. The van der Waals surface area contributed by atoms with Crippen LogP contribution >= 0.6 is 15.9 Å². The van der Waals surface area contributed by atoms with Crippen molar-refractivity contribution in [2.75, 3.05) is 31.1 Å². The number of piperazine rings is 1. The summed E-state index contributed by atoms with van der Waals surface area (Å²) in [6, 6.07) is 14.6. The zero-order valence-electron chi connectivity index (χ0n) is 13.4. The molecule has 1 aliphatic rings. The molecule has 0 bridgehead atoms. The summed E-state index contributed by atoms with van der Waals surface area (Å²) in [5.74, 6) is 1.07. The average Bonchev–Trinajstić information content (AvgIpc) is 2.63. The van der Waals surface area contributed by atoms with E-state index < -0.39 is 0 Å². The van der Waals surface area contributed by atoms with Gasteiger partial charge in [-0.1, -0.05) is 18.2 Å². The second-order valence-electron chi connectivity index (χ2n) is 6.11. The van der Waals surface area contributed by atoms with Crippen LogP contribution in [0.25, 0.3) is 10.9 Å². The summed E-state index contributed by atoms with van der Waals surface area (Å²) in [7, 11) is 0. The normalized spacial score (nSPS) is 15.8. The number of hydrogen-bond acceptors (Lipinski definition) is 4. The molecule has 0 aliphatic carbocycles. The minimum absolute atomic E-state index is 0.971. The van der Waals surface area contributed by atoms with Gasteiger partial charge in [0.15, 0.2) is 0 Å². The lowest BCUT2D eigenvalue weighted by atomic mass is 10.2. The second kappa shape index (κ2) is 6.87. The number of rotatable bonds is 3. The maximum atomic E-state index is 4.86. The van der Waals surface area contributed by atoms with Crippen molar-refractivity contribution >= 4 is 32.7 Å². The number of benzene rings is 1. The second-order valence-corrected chi connectivity index (χ2v) is 6.96. The molecular weight excluding hydrogens is 364 g/mol. The average molecular weight is 383 g/mol. The van der Waals surface area contributed by atoms with Crippen LogP contribution in [0.3, 0.4) is 0 Å². The maximum Gasteiger partial charge on any atom is 0.129 e. The van der Waals surface area contributed by atoms with Gasteiger partial charge in [-0.25, -0.2) is 4.98 Å². The van der Waals surface area contributed by atoms with Crippen LogP contribution in [0.4, 0.5) is 5.82 Å². The Balaban J connectivity index is 1.45. The van der Waals surface area contributed by atoms with Crippen molar-refractivity contribution in [2.45, 2.75) is 6.54 Å². The molecule has 4 nitrogen and oxygen atoms in total. The Kier molecular flexibility index (Phi) is 4.45. The predicted molar refractivity (Wildman–Crippen MR) is 101 cm³/mol. The van der Waals surface area contributed by atoms with Gasteiger partial charge in [0.05, 0.1) is 5.52 Å². The first-order valence-electron chi connectivity index (χ1n) is 8.21. The Morgan fingerprint density at radius 2 is 1.83 bits per heavy atom. The van der Waals surface area contributed by atoms with E-state index in [1.165, 1.54) is 10.9 Å². The van der Waals surface area contributed by atoms with Crippen LogP contribution in [0.2, 0.25) is 0 Å². The highest BCUT2D eigenvalue weighted by Gasteiger charge is 2.18. The number of pyridine rings is 2. The Hall–Kier alpha value is -1.98. The molecule has 0 atom stereocenters. The zero-order chi connectivity index (χ0) is 16.4. The van der Waals surface area contributed by atoms with Gasteiger partial charge in [0, 0.05) is 55.0 Å². The number of aromatic nitrogens is 2. The largest absolute Gasteiger partial charge is 0.354 e. The van der Waals surface area contributed by atoms with Crippen LogP contribution < -0.4 is 4.90 Å². The molecule has 3 aromatic rings. The quantitative estimate of drug-likeness (QED) is 0.690. The van der Waals surface area contributed by atoms with E-state index in [0.717, 1.165) is 48.5 Å². The van der Waals surface area contributed by atoms with Crippen LogP contribution in [0, 0.1) is 0 Å². The van der Waals surface area contributed by atoms with Crippen molar-refractivity contribution in [3.05, 3.63) is 64.9 Å². The Morgan fingerprint density at radius 3 is 2.62 bits per heavy atom. The van der Waals surface area contributed by atoms with Crippen LogP contribution in [0.5, 0.6) is 0 Å². The number of halogens is 1. The fourth-order valence-corrected chi connectivity index (χ4v) is 3.63. The van der Waals surface area contributed by atoms with E-state index in [0.29, 0.717) is 0 Å². The molecule has 1 fully saturated rings. The molecule has 3 heterocycles. The minimum atomic E-state index is 0.971. The predicted octanol–water partition coefficient (Wildman–Crippen LogP) is 3.71. The van der Waals surface area contributed by atoms with Crippen LogP contribution in [-0.4, -0.2) is 41.0 Å². The third kappa shape index (κ3) is 3.28. The number of para-hydroxylation sites is 1. The number of anilines is 1. The van der Waals surface area contributed by atoms with E-state index in [9.17, 15) is 0 Å². The molecule has 1 saturated heterocycles. The van der Waals surface area contributed by atoms with Gasteiger partial charge in [-0.2, -0.15) is 0 Å². The van der Waals surface area contributed by atoms with Crippen LogP contribution in [-0.2, 0) is 6.54 Å². The molecule has 1 aromatic carbocycles. The van der Waals surface area contributed by atoms with Crippen molar-refractivity contribution in [1.29, 1.82) is 0 Å². The number of nitrogens with zero attached hydrogens (tertiary/aromatic N) is 4. The van der Waals surface area contributed by atoms with Crippen molar-refractivity contribution < 1.29 is 0 Å². The molecule has 0 radical (unpaired) electrons. The first-order chi connectivity index (χ1) is 11.8. The maximum absolute atomic E-state index is 4.86.